The molecule has 5 heteroatoms. The van der Waals surface area contributed by atoms with Crippen LogP contribution < -0.4 is 11.3 Å². The lowest BCUT2D eigenvalue weighted by molar-refractivity contribution is 0.440. The Morgan fingerprint density at radius 3 is 2.79 bits per heavy atom. The molecular formula is C9H15N3O2. The Labute approximate surface area is 82.0 Å². The van der Waals surface area contributed by atoms with Gasteiger partial charge in [-0.25, -0.2) is 4.98 Å². The maximum absolute atomic E-state index is 11.2. The highest BCUT2D eigenvalue weighted by Gasteiger charge is 2.08. The zero-order valence-electron chi connectivity index (χ0n) is 8.37. The van der Waals surface area contributed by atoms with Crippen LogP contribution in [0.1, 0.15) is 24.7 Å². The summed E-state index contributed by atoms with van der Waals surface area (Å²) in [4.78, 5) is 17.7. The van der Waals surface area contributed by atoms with Gasteiger partial charge in [-0.3, -0.25) is 4.79 Å². The molecule has 1 rings (SSSR count). The smallest absolute Gasteiger partial charge is 0.257 e. The van der Waals surface area contributed by atoms with Gasteiger partial charge in [0, 0.05) is 12.5 Å². The van der Waals surface area contributed by atoms with Gasteiger partial charge in [-0.05, 0) is 13.3 Å². The van der Waals surface area contributed by atoms with E-state index in [0.717, 1.165) is 6.42 Å². The summed E-state index contributed by atoms with van der Waals surface area (Å²) in [5.74, 6) is 0.222. The molecule has 78 valence electrons. The number of aromatic nitrogens is 2. The Morgan fingerprint density at radius 2 is 2.29 bits per heavy atom. The molecule has 0 aliphatic rings. The third-order valence-corrected chi connectivity index (χ3v) is 2.15. The first-order valence-corrected chi connectivity index (χ1v) is 4.59. The zero-order chi connectivity index (χ0) is 10.7. The summed E-state index contributed by atoms with van der Waals surface area (Å²) in [7, 11) is 0. The lowest BCUT2D eigenvalue weighted by Gasteiger charge is -2.08. The van der Waals surface area contributed by atoms with Crippen LogP contribution >= 0.6 is 0 Å². The summed E-state index contributed by atoms with van der Waals surface area (Å²) in [5, 5.41) is 9.29. The monoisotopic (exact) mass is 197 g/mol. The van der Waals surface area contributed by atoms with Crippen molar-refractivity contribution in [1.29, 1.82) is 0 Å². The van der Waals surface area contributed by atoms with E-state index < -0.39 is 0 Å². The second kappa shape index (κ2) is 4.23. The number of aromatic hydroxyl groups is 1. The highest BCUT2D eigenvalue weighted by Crippen LogP contribution is 2.07. The molecular weight excluding hydrogens is 182 g/mol. The second-order valence-electron chi connectivity index (χ2n) is 3.33. The van der Waals surface area contributed by atoms with E-state index in [9.17, 15) is 9.90 Å². The third kappa shape index (κ3) is 2.32. The third-order valence-electron chi connectivity index (χ3n) is 2.15. The van der Waals surface area contributed by atoms with Crippen molar-refractivity contribution in [3.63, 3.8) is 0 Å². The first kappa shape index (κ1) is 10.7. The molecule has 1 aromatic heterocycles. The van der Waals surface area contributed by atoms with E-state index in [0.29, 0.717) is 12.2 Å². The number of hydrogen-bond acceptors (Lipinski definition) is 4. The normalized spacial score (nSPS) is 12.8. The van der Waals surface area contributed by atoms with Gasteiger partial charge in [-0.2, -0.15) is 0 Å². The Bertz CT molecular complexity index is 373. The average Bonchev–Trinajstić information content (AvgIpc) is 2.14. The number of aromatic amines is 1. The molecule has 0 aromatic carbocycles. The van der Waals surface area contributed by atoms with E-state index in [1.165, 1.54) is 6.92 Å². The molecule has 0 saturated heterocycles. The predicted octanol–water partition coefficient (Wildman–Crippen LogP) is 0.0637. The Morgan fingerprint density at radius 1 is 1.64 bits per heavy atom. The van der Waals surface area contributed by atoms with Crippen molar-refractivity contribution in [3.8, 4) is 5.88 Å². The van der Waals surface area contributed by atoms with Crippen molar-refractivity contribution < 1.29 is 5.11 Å². The number of nitrogens with one attached hydrogen (secondary N) is 1. The van der Waals surface area contributed by atoms with Gasteiger partial charge >= 0.3 is 0 Å². The fourth-order valence-corrected chi connectivity index (χ4v) is 1.06. The average molecular weight is 197 g/mol. The highest BCUT2D eigenvalue weighted by atomic mass is 16.3. The number of hydrogen-bond donors (Lipinski definition) is 3. The largest absolute Gasteiger partial charge is 0.493 e. The molecule has 0 bridgehead atoms. The van der Waals surface area contributed by atoms with E-state index in [1.807, 2.05) is 6.92 Å². The van der Waals surface area contributed by atoms with Gasteiger partial charge in [-0.15, -0.1) is 0 Å². The van der Waals surface area contributed by atoms with Crippen molar-refractivity contribution in [2.75, 3.05) is 0 Å². The molecule has 0 aliphatic heterocycles. The molecule has 0 aliphatic carbocycles. The number of rotatable bonds is 3. The van der Waals surface area contributed by atoms with E-state index in [4.69, 9.17) is 5.73 Å². The lowest BCUT2D eigenvalue weighted by atomic mass is 10.1. The van der Waals surface area contributed by atoms with Crippen LogP contribution in [0.15, 0.2) is 4.79 Å². The van der Waals surface area contributed by atoms with Crippen LogP contribution in [0.5, 0.6) is 5.88 Å². The van der Waals surface area contributed by atoms with Crippen molar-refractivity contribution in [1.82, 2.24) is 9.97 Å². The van der Waals surface area contributed by atoms with Crippen LogP contribution in [0, 0.1) is 6.92 Å². The molecule has 4 N–H and O–H groups in total. The zero-order valence-corrected chi connectivity index (χ0v) is 8.37. The molecule has 5 nitrogen and oxygen atoms in total. The van der Waals surface area contributed by atoms with Crippen molar-refractivity contribution in [2.45, 2.75) is 32.7 Å². The fraction of sp³-hybridized carbons (Fsp3) is 0.556. The first-order chi connectivity index (χ1) is 6.54. The quantitative estimate of drug-likeness (QED) is 0.639. The van der Waals surface area contributed by atoms with E-state index in [1.54, 1.807) is 0 Å². The maximum atomic E-state index is 11.2. The van der Waals surface area contributed by atoms with Crippen LogP contribution in [0.25, 0.3) is 0 Å². The maximum Gasteiger partial charge on any atom is 0.257 e. The van der Waals surface area contributed by atoms with Gasteiger partial charge in [0.25, 0.3) is 5.56 Å². The first-order valence-electron chi connectivity index (χ1n) is 4.59. The van der Waals surface area contributed by atoms with Gasteiger partial charge in [0.15, 0.2) is 0 Å². The molecule has 14 heavy (non-hydrogen) atoms. The van der Waals surface area contributed by atoms with Crippen LogP contribution in [0.3, 0.4) is 0 Å². The minimum absolute atomic E-state index is 0.0414. The molecule has 0 spiro atoms. The molecule has 1 atom stereocenters. The summed E-state index contributed by atoms with van der Waals surface area (Å²) in [5.41, 5.74) is 5.63. The van der Waals surface area contributed by atoms with Gasteiger partial charge in [0.05, 0.1) is 5.56 Å². The van der Waals surface area contributed by atoms with Gasteiger partial charge < -0.3 is 15.8 Å². The lowest BCUT2D eigenvalue weighted by Crippen LogP contribution is -2.25. The SMILES string of the molecule is CCC(N)Cc1nc(O)c(C)c(=O)[nH]1. The molecule has 1 unspecified atom stereocenters. The molecule has 0 saturated carbocycles. The van der Waals surface area contributed by atoms with Crippen molar-refractivity contribution in [3.05, 3.63) is 21.7 Å². The number of nitrogens with zero attached hydrogens (tertiary/aromatic N) is 1. The second-order valence-corrected chi connectivity index (χ2v) is 3.33. The minimum Gasteiger partial charge on any atom is -0.493 e. The Hall–Kier alpha value is -1.36. The van der Waals surface area contributed by atoms with Crippen molar-refractivity contribution in [2.24, 2.45) is 5.73 Å². The summed E-state index contributed by atoms with van der Waals surface area (Å²) < 4.78 is 0. The Balaban J connectivity index is 2.96. The van der Waals surface area contributed by atoms with Crippen LogP contribution in [0.2, 0.25) is 0 Å². The van der Waals surface area contributed by atoms with Gasteiger partial charge in [0.2, 0.25) is 5.88 Å². The molecule has 1 heterocycles. The minimum atomic E-state index is -0.309. The highest BCUT2D eigenvalue weighted by molar-refractivity contribution is 5.20. The number of nitrogens with two attached hydrogens (primary N) is 1. The topological polar surface area (TPSA) is 92.0 Å². The number of H-pyrrole nitrogens is 1. The summed E-state index contributed by atoms with van der Waals surface area (Å²) in [6.45, 7) is 3.47. The van der Waals surface area contributed by atoms with E-state index >= 15 is 0 Å². The summed E-state index contributed by atoms with van der Waals surface area (Å²) in [6, 6.07) is -0.0414. The van der Waals surface area contributed by atoms with Gasteiger partial charge in [0.1, 0.15) is 5.82 Å². The fourth-order valence-electron chi connectivity index (χ4n) is 1.06. The van der Waals surface area contributed by atoms with Crippen LogP contribution in [-0.4, -0.2) is 21.1 Å². The van der Waals surface area contributed by atoms with Crippen molar-refractivity contribution >= 4 is 0 Å². The van der Waals surface area contributed by atoms with Crippen LogP contribution in [-0.2, 0) is 6.42 Å². The summed E-state index contributed by atoms with van der Waals surface area (Å²) >= 11 is 0. The van der Waals surface area contributed by atoms with E-state index in [2.05, 4.69) is 9.97 Å². The van der Waals surface area contributed by atoms with E-state index in [-0.39, 0.29) is 23.0 Å². The molecule has 1 aromatic rings. The Kier molecular flexibility index (Phi) is 3.24. The molecule has 0 fully saturated rings. The standard InChI is InChI=1S/C9H15N3O2/c1-3-6(10)4-7-11-8(13)5(2)9(14)12-7/h6H,3-4,10H2,1-2H3,(H2,11,12,13,14). The van der Waals surface area contributed by atoms with Crippen LogP contribution in [0.4, 0.5) is 0 Å². The van der Waals surface area contributed by atoms with Gasteiger partial charge in [-0.1, -0.05) is 6.92 Å². The molecule has 0 amide bonds. The predicted molar refractivity (Wildman–Crippen MR) is 53.2 cm³/mol. The summed E-state index contributed by atoms with van der Waals surface area (Å²) in [6.07, 6.45) is 1.28. The molecule has 0 radical (unpaired) electrons.